The average molecular weight is 281 g/mol. The summed E-state index contributed by atoms with van der Waals surface area (Å²) < 4.78 is 2.03. The molecule has 2 aromatic heterocycles. The number of nitrogens with zero attached hydrogens (tertiary/aromatic N) is 4. The van der Waals surface area contributed by atoms with E-state index in [1.807, 2.05) is 23.6 Å². The van der Waals surface area contributed by atoms with E-state index in [-0.39, 0.29) is 0 Å². The number of aryl methyl sites for hydroxylation is 1. The molecular weight excluding hydrogens is 268 g/mol. The van der Waals surface area contributed by atoms with Crippen LogP contribution in [0.1, 0.15) is 11.4 Å². The minimum atomic E-state index is 0.509. The number of thioether (sulfide) groups is 1. The van der Waals surface area contributed by atoms with Gasteiger partial charge in [0, 0.05) is 18.5 Å². The van der Waals surface area contributed by atoms with E-state index in [0.29, 0.717) is 5.15 Å². The highest BCUT2D eigenvalue weighted by Crippen LogP contribution is 2.21. The van der Waals surface area contributed by atoms with Crippen molar-refractivity contribution in [2.75, 3.05) is 0 Å². The summed E-state index contributed by atoms with van der Waals surface area (Å²) in [6.07, 6.45) is 3.61. The van der Waals surface area contributed by atoms with E-state index in [4.69, 9.17) is 11.6 Å². The van der Waals surface area contributed by atoms with Crippen LogP contribution in [0.25, 0.3) is 0 Å². The Morgan fingerprint density at radius 1 is 1.44 bits per heavy atom. The molecule has 0 saturated carbocycles. The van der Waals surface area contributed by atoms with Gasteiger partial charge < -0.3 is 4.57 Å². The van der Waals surface area contributed by atoms with E-state index in [1.165, 1.54) is 0 Å². The molecule has 0 aromatic carbocycles. The van der Waals surface area contributed by atoms with E-state index in [9.17, 15) is 0 Å². The van der Waals surface area contributed by atoms with Crippen LogP contribution in [-0.2, 0) is 12.3 Å². The Balaban J connectivity index is 2.05. The van der Waals surface area contributed by atoms with Gasteiger partial charge in [-0.1, -0.05) is 35.5 Å². The Morgan fingerprint density at radius 2 is 2.28 bits per heavy atom. The highest BCUT2D eigenvalue weighted by atomic mass is 35.5. The lowest BCUT2D eigenvalue weighted by Gasteiger charge is -2.05. The molecule has 0 N–H and O–H groups in total. The van der Waals surface area contributed by atoms with Gasteiger partial charge in [-0.05, 0) is 18.6 Å². The fraction of sp³-hybridized carbons (Fsp3) is 0.250. The van der Waals surface area contributed by atoms with Crippen LogP contribution in [0.4, 0.5) is 0 Å². The number of halogens is 1. The molecule has 2 rings (SSSR count). The monoisotopic (exact) mass is 280 g/mol. The number of aromatic nitrogens is 4. The maximum absolute atomic E-state index is 5.74. The molecule has 0 aliphatic rings. The first kappa shape index (κ1) is 13.1. The van der Waals surface area contributed by atoms with Crippen LogP contribution < -0.4 is 0 Å². The van der Waals surface area contributed by atoms with Crippen LogP contribution in [0, 0.1) is 6.92 Å². The summed E-state index contributed by atoms with van der Waals surface area (Å²) in [5.41, 5.74) is 1.11. The van der Waals surface area contributed by atoms with Crippen molar-refractivity contribution in [3.8, 4) is 0 Å². The van der Waals surface area contributed by atoms with Crippen LogP contribution in [0.3, 0.4) is 0 Å². The Bertz CT molecular complexity index is 536. The van der Waals surface area contributed by atoms with Crippen molar-refractivity contribution in [3.05, 3.63) is 47.5 Å². The zero-order valence-electron chi connectivity index (χ0n) is 10.0. The predicted octanol–water partition coefficient (Wildman–Crippen LogP) is 3.11. The van der Waals surface area contributed by atoms with Crippen molar-refractivity contribution in [3.63, 3.8) is 0 Å². The summed E-state index contributed by atoms with van der Waals surface area (Å²) in [6.45, 7) is 6.39. The van der Waals surface area contributed by atoms with Crippen LogP contribution in [0.15, 0.2) is 36.1 Å². The predicted molar refractivity (Wildman–Crippen MR) is 73.8 cm³/mol. The molecule has 0 spiro atoms. The summed E-state index contributed by atoms with van der Waals surface area (Å²) in [5.74, 6) is 1.69. The zero-order valence-corrected chi connectivity index (χ0v) is 11.6. The highest BCUT2D eigenvalue weighted by molar-refractivity contribution is 7.98. The lowest BCUT2D eigenvalue weighted by Crippen LogP contribution is -2.00. The molecule has 0 radical (unpaired) electrons. The van der Waals surface area contributed by atoms with Gasteiger partial charge in [0.2, 0.25) is 0 Å². The smallest absolute Gasteiger partial charge is 0.191 e. The number of allylic oxidation sites excluding steroid dienone is 1. The van der Waals surface area contributed by atoms with Gasteiger partial charge in [0.05, 0.1) is 0 Å². The lowest BCUT2D eigenvalue weighted by molar-refractivity contribution is 0.703. The lowest BCUT2D eigenvalue weighted by atomic mass is 10.3. The zero-order chi connectivity index (χ0) is 13.0. The molecule has 6 heteroatoms. The van der Waals surface area contributed by atoms with Gasteiger partial charge in [-0.25, -0.2) is 4.98 Å². The first-order chi connectivity index (χ1) is 8.70. The van der Waals surface area contributed by atoms with Crippen LogP contribution in [-0.4, -0.2) is 19.7 Å². The second-order valence-electron chi connectivity index (χ2n) is 3.71. The normalized spacial score (nSPS) is 10.6. The average Bonchev–Trinajstić information content (AvgIpc) is 2.71. The molecule has 0 atom stereocenters. The largest absolute Gasteiger partial charge is 0.302 e. The third-order valence-electron chi connectivity index (χ3n) is 2.37. The summed E-state index contributed by atoms with van der Waals surface area (Å²) >= 11 is 7.37. The quantitative estimate of drug-likeness (QED) is 0.479. The highest BCUT2D eigenvalue weighted by Gasteiger charge is 2.08. The Hall–Kier alpha value is -1.33. The molecule has 4 nitrogen and oxygen atoms in total. The molecule has 2 aromatic rings. The van der Waals surface area contributed by atoms with Gasteiger partial charge in [-0.15, -0.1) is 16.8 Å². The van der Waals surface area contributed by atoms with Gasteiger partial charge in [-0.2, -0.15) is 0 Å². The molecule has 2 heterocycles. The van der Waals surface area contributed by atoms with Crippen LogP contribution in [0.2, 0.25) is 5.15 Å². The fourth-order valence-corrected chi connectivity index (χ4v) is 2.49. The topological polar surface area (TPSA) is 43.6 Å². The maximum Gasteiger partial charge on any atom is 0.191 e. The molecule has 0 bridgehead atoms. The van der Waals surface area contributed by atoms with Crippen molar-refractivity contribution in [1.82, 2.24) is 19.7 Å². The van der Waals surface area contributed by atoms with E-state index < -0.39 is 0 Å². The molecule has 94 valence electrons. The standard InChI is InChI=1S/C12H13ClN4S/c1-3-6-17-9(2)15-16-12(17)18-8-10-4-5-11(13)14-7-10/h3-5,7H,1,6,8H2,2H3. The molecule has 0 amide bonds. The van der Waals surface area contributed by atoms with E-state index in [2.05, 4.69) is 21.8 Å². The Morgan fingerprint density at radius 3 is 2.94 bits per heavy atom. The van der Waals surface area contributed by atoms with Gasteiger partial charge >= 0.3 is 0 Å². The van der Waals surface area contributed by atoms with Crippen molar-refractivity contribution in [1.29, 1.82) is 0 Å². The molecule has 0 aliphatic heterocycles. The van der Waals surface area contributed by atoms with Crippen molar-refractivity contribution in [2.45, 2.75) is 24.4 Å². The Labute approximate surface area is 115 Å². The SMILES string of the molecule is C=CCn1c(C)nnc1SCc1ccc(Cl)nc1. The Kier molecular flexibility index (Phi) is 4.38. The molecule has 18 heavy (non-hydrogen) atoms. The number of rotatable bonds is 5. The van der Waals surface area contributed by atoms with E-state index in [0.717, 1.165) is 28.8 Å². The van der Waals surface area contributed by atoms with Crippen molar-refractivity contribution < 1.29 is 0 Å². The number of hydrogen-bond donors (Lipinski definition) is 0. The summed E-state index contributed by atoms with van der Waals surface area (Å²) in [4.78, 5) is 4.05. The van der Waals surface area contributed by atoms with E-state index >= 15 is 0 Å². The van der Waals surface area contributed by atoms with Crippen LogP contribution >= 0.6 is 23.4 Å². The second-order valence-corrected chi connectivity index (χ2v) is 5.04. The first-order valence-electron chi connectivity index (χ1n) is 5.44. The minimum Gasteiger partial charge on any atom is -0.302 e. The maximum atomic E-state index is 5.74. The molecular formula is C12H13ClN4S. The minimum absolute atomic E-state index is 0.509. The fourth-order valence-electron chi connectivity index (χ4n) is 1.45. The molecule has 0 fully saturated rings. The summed E-state index contributed by atoms with van der Waals surface area (Å²) in [7, 11) is 0. The van der Waals surface area contributed by atoms with Crippen molar-refractivity contribution in [2.24, 2.45) is 0 Å². The molecule has 0 saturated heterocycles. The number of pyridine rings is 1. The van der Waals surface area contributed by atoms with Crippen LogP contribution in [0.5, 0.6) is 0 Å². The van der Waals surface area contributed by atoms with Gasteiger partial charge in [-0.3, -0.25) is 0 Å². The number of hydrogen-bond acceptors (Lipinski definition) is 4. The third kappa shape index (κ3) is 3.11. The van der Waals surface area contributed by atoms with Gasteiger partial charge in [0.25, 0.3) is 0 Å². The summed E-state index contributed by atoms with van der Waals surface area (Å²) in [6, 6.07) is 3.75. The summed E-state index contributed by atoms with van der Waals surface area (Å²) in [5, 5.41) is 9.62. The third-order valence-corrected chi connectivity index (χ3v) is 3.63. The molecule has 0 aliphatic carbocycles. The molecule has 0 unspecified atom stereocenters. The second kappa shape index (κ2) is 6.02. The first-order valence-corrected chi connectivity index (χ1v) is 6.81. The van der Waals surface area contributed by atoms with Gasteiger partial charge in [0.1, 0.15) is 11.0 Å². The van der Waals surface area contributed by atoms with Crippen molar-refractivity contribution >= 4 is 23.4 Å². The van der Waals surface area contributed by atoms with E-state index in [1.54, 1.807) is 24.0 Å². The van der Waals surface area contributed by atoms with Gasteiger partial charge in [0.15, 0.2) is 5.16 Å².